The molecule has 0 aromatic carbocycles. The average Bonchev–Trinajstić information content (AvgIpc) is 2.66. The fraction of sp³-hybridized carbons (Fsp3) is 0.818. The van der Waals surface area contributed by atoms with E-state index in [2.05, 4.69) is 24.8 Å². The third-order valence-corrected chi connectivity index (χ3v) is 2.97. The Kier molecular flexibility index (Phi) is 2.22. The molecule has 0 saturated heterocycles. The van der Waals surface area contributed by atoms with Gasteiger partial charge in [0.2, 0.25) is 0 Å². The molecule has 2 rings (SSSR count). The minimum Gasteiger partial charge on any atom is -0.295 e. The van der Waals surface area contributed by atoms with E-state index in [0.717, 1.165) is 11.8 Å². The van der Waals surface area contributed by atoms with Gasteiger partial charge in [0.05, 0.1) is 0 Å². The molecule has 1 aliphatic carbocycles. The molecule has 1 fully saturated rings. The molecule has 0 aromatic heterocycles. The zero-order chi connectivity index (χ0) is 8.55. The summed E-state index contributed by atoms with van der Waals surface area (Å²) in [7, 11) is 0. The van der Waals surface area contributed by atoms with Crippen LogP contribution in [0.1, 0.15) is 26.7 Å². The standard InChI is InChI=1S/C11H19N/c1-9(2)11-5-6-12(8-11)7-10-3-4-10/h5,9-10H,3-4,6-8H2,1-2H3. The predicted octanol–water partition coefficient (Wildman–Crippen LogP) is 2.29. The SMILES string of the molecule is CC(C)C1=CCN(CC2CC2)C1. The summed E-state index contributed by atoms with van der Waals surface area (Å²) in [4.78, 5) is 2.59. The summed E-state index contributed by atoms with van der Waals surface area (Å²) in [5.74, 6) is 1.80. The predicted molar refractivity (Wildman–Crippen MR) is 52.1 cm³/mol. The van der Waals surface area contributed by atoms with Crippen molar-refractivity contribution in [3.05, 3.63) is 11.6 Å². The van der Waals surface area contributed by atoms with Gasteiger partial charge >= 0.3 is 0 Å². The fourth-order valence-corrected chi connectivity index (χ4v) is 1.86. The van der Waals surface area contributed by atoms with Crippen molar-refractivity contribution in [2.45, 2.75) is 26.7 Å². The molecule has 0 spiro atoms. The number of hydrogen-bond donors (Lipinski definition) is 0. The van der Waals surface area contributed by atoms with E-state index in [1.54, 1.807) is 5.57 Å². The normalized spacial score (nSPS) is 25.1. The van der Waals surface area contributed by atoms with Crippen molar-refractivity contribution in [2.75, 3.05) is 19.6 Å². The first-order valence-electron chi connectivity index (χ1n) is 5.17. The summed E-state index contributed by atoms with van der Waals surface area (Å²) >= 11 is 0. The van der Waals surface area contributed by atoms with Gasteiger partial charge in [-0.05, 0) is 24.7 Å². The molecule has 0 unspecified atom stereocenters. The van der Waals surface area contributed by atoms with E-state index in [1.807, 2.05) is 0 Å². The maximum Gasteiger partial charge on any atom is 0.0199 e. The van der Waals surface area contributed by atoms with Gasteiger partial charge in [-0.2, -0.15) is 0 Å². The van der Waals surface area contributed by atoms with Crippen molar-refractivity contribution in [2.24, 2.45) is 11.8 Å². The van der Waals surface area contributed by atoms with Gasteiger partial charge in [0.25, 0.3) is 0 Å². The Balaban J connectivity index is 1.77. The van der Waals surface area contributed by atoms with Crippen molar-refractivity contribution >= 4 is 0 Å². The first kappa shape index (κ1) is 8.31. The van der Waals surface area contributed by atoms with E-state index in [1.165, 1.54) is 32.5 Å². The van der Waals surface area contributed by atoms with Gasteiger partial charge in [-0.1, -0.05) is 25.5 Å². The molecular weight excluding hydrogens is 146 g/mol. The van der Waals surface area contributed by atoms with Gasteiger partial charge in [0.1, 0.15) is 0 Å². The Hall–Kier alpha value is -0.300. The van der Waals surface area contributed by atoms with Crippen LogP contribution in [0.4, 0.5) is 0 Å². The van der Waals surface area contributed by atoms with Gasteiger partial charge in [-0.3, -0.25) is 4.90 Å². The third kappa shape index (κ3) is 1.89. The van der Waals surface area contributed by atoms with E-state index in [-0.39, 0.29) is 0 Å². The van der Waals surface area contributed by atoms with Gasteiger partial charge < -0.3 is 0 Å². The summed E-state index contributed by atoms with van der Waals surface area (Å²) in [6.07, 6.45) is 5.38. The highest BCUT2D eigenvalue weighted by Crippen LogP contribution is 2.31. The Morgan fingerprint density at radius 3 is 2.75 bits per heavy atom. The second kappa shape index (κ2) is 3.21. The van der Waals surface area contributed by atoms with Gasteiger partial charge in [-0.25, -0.2) is 0 Å². The number of nitrogens with zero attached hydrogens (tertiary/aromatic N) is 1. The quantitative estimate of drug-likeness (QED) is 0.580. The van der Waals surface area contributed by atoms with Crippen molar-refractivity contribution < 1.29 is 0 Å². The minimum atomic E-state index is 0.759. The molecule has 1 aliphatic heterocycles. The largest absolute Gasteiger partial charge is 0.295 e. The molecular formula is C11H19N. The summed E-state index contributed by atoms with van der Waals surface area (Å²) in [5.41, 5.74) is 1.65. The molecule has 0 atom stereocenters. The van der Waals surface area contributed by atoms with E-state index in [9.17, 15) is 0 Å². The highest BCUT2D eigenvalue weighted by molar-refractivity contribution is 5.13. The van der Waals surface area contributed by atoms with Crippen LogP contribution in [0.15, 0.2) is 11.6 Å². The molecule has 1 heteroatoms. The summed E-state index contributed by atoms with van der Waals surface area (Å²) in [5, 5.41) is 0. The minimum absolute atomic E-state index is 0.759. The Bertz CT molecular complexity index is 189. The molecule has 0 amide bonds. The topological polar surface area (TPSA) is 3.24 Å². The van der Waals surface area contributed by atoms with Crippen LogP contribution in [-0.4, -0.2) is 24.5 Å². The van der Waals surface area contributed by atoms with Crippen molar-refractivity contribution in [3.8, 4) is 0 Å². The van der Waals surface area contributed by atoms with Crippen LogP contribution in [0.2, 0.25) is 0 Å². The summed E-state index contributed by atoms with van der Waals surface area (Å²) in [6, 6.07) is 0. The smallest absolute Gasteiger partial charge is 0.0199 e. The molecule has 68 valence electrons. The lowest BCUT2D eigenvalue weighted by molar-refractivity contribution is 0.328. The van der Waals surface area contributed by atoms with Crippen LogP contribution in [0.3, 0.4) is 0 Å². The number of hydrogen-bond acceptors (Lipinski definition) is 1. The zero-order valence-corrected chi connectivity index (χ0v) is 8.21. The second-order valence-electron chi connectivity index (χ2n) is 4.57. The van der Waals surface area contributed by atoms with Gasteiger partial charge in [0.15, 0.2) is 0 Å². The van der Waals surface area contributed by atoms with E-state index in [0.29, 0.717) is 0 Å². The van der Waals surface area contributed by atoms with Gasteiger partial charge in [-0.15, -0.1) is 0 Å². The lowest BCUT2D eigenvalue weighted by atomic mass is 10.1. The van der Waals surface area contributed by atoms with Crippen LogP contribution < -0.4 is 0 Å². The van der Waals surface area contributed by atoms with Crippen molar-refractivity contribution in [3.63, 3.8) is 0 Å². The highest BCUT2D eigenvalue weighted by atomic mass is 15.1. The second-order valence-corrected chi connectivity index (χ2v) is 4.57. The highest BCUT2D eigenvalue weighted by Gasteiger charge is 2.26. The summed E-state index contributed by atoms with van der Waals surface area (Å²) in [6.45, 7) is 8.41. The monoisotopic (exact) mass is 165 g/mol. The molecule has 0 bridgehead atoms. The molecule has 2 aliphatic rings. The van der Waals surface area contributed by atoms with Crippen LogP contribution in [0, 0.1) is 11.8 Å². The van der Waals surface area contributed by atoms with Crippen LogP contribution >= 0.6 is 0 Å². The molecule has 1 saturated carbocycles. The zero-order valence-electron chi connectivity index (χ0n) is 8.21. The van der Waals surface area contributed by atoms with E-state index >= 15 is 0 Å². The molecule has 1 heterocycles. The van der Waals surface area contributed by atoms with Crippen LogP contribution in [0.5, 0.6) is 0 Å². The van der Waals surface area contributed by atoms with Gasteiger partial charge in [0, 0.05) is 19.6 Å². The summed E-state index contributed by atoms with van der Waals surface area (Å²) < 4.78 is 0. The van der Waals surface area contributed by atoms with Crippen molar-refractivity contribution in [1.29, 1.82) is 0 Å². The molecule has 12 heavy (non-hydrogen) atoms. The average molecular weight is 165 g/mol. The fourth-order valence-electron chi connectivity index (χ4n) is 1.86. The lowest BCUT2D eigenvalue weighted by Gasteiger charge is -2.16. The van der Waals surface area contributed by atoms with E-state index < -0.39 is 0 Å². The Labute approximate surface area is 75.4 Å². The van der Waals surface area contributed by atoms with Crippen LogP contribution in [0.25, 0.3) is 0 Å². The maximum absolute atomic E-state index is 2.59. The number of rotatable bonds is 3. The van der Waals surface area contributed by atoms with Crippen LogP contribution in [-0.2, 0) is 0 Å². The molecule has 0 N–H and O–H groups in total. The maximum atomic E-state index is 2.59. The Morgan fingerprint density at radius 1 is 1.50 bits per heavy atom. The third-order valence-electron chi connectivity index (χ3n) is 2.97. The molecule has 0 aromatic rings. The first-order valence-corrected chi connectivity index (χ1v) is 5.17. The first-order chi connectivity index (χ1) is 5.75. The van der Waals surface area contributed by atoms with E-state index in [4.69, 9.17) is 0 Å². The molecule has 1 nitrogen and oxygen atoms in total. The van der Waals surface area contributed by atoms with Crippen molar-refractivity contribution in [1.82, 2.24) is 4.90 Å². The molecule has 0 radical (unpaired) electrons. The lowest BCUT2D eigenvalue weighted by Crippen LogP contribution is -2.23. The Morgan fingerprint density at radius 2 is 2.25 bits per heavy atom.